The van der Waals surface area contributed by atoms with Gasteiger partial charge in [-0.05, 0) is 76.1 Å². The van der Waals surface area contributed by atoms with E-state index in [1.54, 1.807) is 33.3 Å². The molecular weight excluding hydrogens is 813 g/mol. The summed E-state index contributed by atoms with van der Waals surface area (Å²) in [6, 6.07) is 0.0434. The standard InChI is InChI=1S/C48H74N2O13/c1-25(2)42-28(5)17-18-47(63-42)23-34-20-33(62-47)16-15-27(4)43(26(3)13-12-14-32-24-56-45-40(50-53)29(6)19-35(46(51)59-34)48(32,45)52)60-39-22-37(55-11)44(31(8)58-39)61-38-21-36(54-10)41(49-9)30(7)57-38/h12-15,19,25-26,28,30-31,33-39,41-45,49,52-53H,16-18,20-24H2,1-11H3/b13-12+,27-15+,32-14+,50-40+/t26?,28-,30+,31-,33?,34?,35?,36+,37-,38+,39?,41+,42?,43+,44-,45?,47?,48-/m1/s1. The lowest BCUT2D eigenvalue weighted by Crippen LogP contribution is -2.57. The van der Waals surface area contributed by atoms with Crippen LogP contribution in [0.5, 0.6) is 0 Å². The van der Waals surface area contributed by atoms with Gasteiger partial charge in [0.1, 0.15) is 35.5 Å². The molecule has 6 heterocycles. The zero-order chi connectivity index (χ0) is 45.4. The van der Waals surface area contributed by atoms with Gasteiger partial charge < -0.3 is 63.0 Å². The monoisotopic (exact) mass is 887 g/mol. The minimum Gasteiger partial charge on any atom is -0.462 e. The molecule has 1 aliphatic carbocycles. The molecule has 7 rings (SSSR count). The number of methoxy groups -OCH3 is 2. The fourth-order valence-electron chi connectivity index (χ4n) is 11.3. The fourth-order valence-corrected chi connectivity index (χ4v) is 11.3. The Kier molecular flexibility index (Phi) is 15.5. The highest BCUT2D eigenvalue weighted by atomic mass is 16.7. The summed E-state index contributed by atoms with van der Waals surface area (Å²) in [6.07, 6.45) is 8.53. The van der Waals surface area contributed by atoms with E-state index in [0.29, 0.717) is 55.6 Å². The largest absolute Gasteiger partial charge is 0.462 e. The lowest BCUT2D eigenvalue weighted by atomic mass is 9.71. The molecular formula is C48H74N2O13. The van der Waals surface area contributed by atoms with Crippen LogP contribution in [0.4, 0.5) is 0 Å². The SMILES string of the molecule is CN[C@H]1[C@H](C)O[C@@H](O[C@@H]2[C@@H](C)OC(O[C@@H]3/C(C)=C/CC4CC(CC5(CC[C@@H](C)C(C(C)C)O5)O4)OC(=O)C4C=C(C)/C(=N\O)C5OC/C(=C\C=C\C3C)[C@@]45O)C[C@H]2OC)C[C@@H]1OC. The molecule has 0 aromatic rings. The fraction of sp³-hybridized carbons (Fsp3) is 0.792. The van der Waals surface area contributed by atoms with Crippen LogP contribution in [0.25, 0.3) is 0 Å². The lowest BCUT2D eigenvalue weighted by molar-refractivity contribution is -0.340. The van der Waals surface area contributed by atoms with Crippen LogP contribution in [0.15, 0.2) is 52.3 Å². The maximum Gasteiger partial charge on any atom is 0.316 e. The van der Waals surface area contributed by atoms with E-state index in [0.717, 1.165) is 12.0 Å². The number of carbonyl (C=O) groups is 1. The molecule has 0 aromatic heterocycles. The van der Waals surface area contributed by atoms with E-state index in [1.165, 1.54) is 0 Å². The summed E-state index contributed by atoms with van der Waals surface area (Å²) in [6.45, 7) is 16.4. The molecule has 0 saturated carbocycles. The first-order valence-corrected chi connectivity index (χ1v) is 23.2. The van der Waals surface area contributed by atoms with Gasteiger partial charge in [-0.3, -0.25) is 4.79 Å². The highest BCUT2D eigenvalue weighted by molar-refractivity contribution is 6.06. The van der Waals surface area contributed by atoms with Crippen molar-refractivity contribution < 1.29 is 62.5 Å². The highest BCUT2D eigenvalue weighted by Gasteiger charge is 2.60. The predicted molar refractivity (Wildman–Crippen MR) is 233 cm³/mol. The summed E-state index contributed by atoms with van der Waals surface area (Å²) in [5.41, 5.74) is 0.312. The summed E-state index contributed by atoms with van der Waals surface area (Å²) < 4.78 is 64.7. The molecule has 0 amide bonds. The van der Waals surface area contributed by atoms with E-state index in [1.807, 2.05) is 33.0 Å². The molecule has 15 nitrogen and oxygen atoms in total. The predicted octanol–water partition coefficient (Wildman–Crippen LogP) is 5.91. The van der Waals surface area contributed by atoms with Crippen molar-refractivity contribution in [2.75, 3.05) is 27.9 Å². The molecule has 15 heteroatoms. The number of rotatable bonds is 8. The number of likely N-dealkylation sites (N-methyl/N-ethyl adjacent to an activating group) is 1. The van der Waals surface area contributed by atoms with Gasteiger partial charge in [-0.1, -0.05) is 63.2 Å². The topological polar surface area (TPSA) is 174 Å². The van der Waals surface area contributed by atoms with Crippen molar-refractivity contribution in [3.63, 3.8) is 0 Å². The van der Waals surface area contributed by atoms with Gasteiger partial charge in [0.05, 0.1) is 55.4 Å². The number of fused-ring (bicyclic) bond motifs is 2. The number of carbonyl (C=O) groups excluding carboxylic acids is 1. The molecule has 5 fully saturated rings. The summed E-state index contributed by atoms with van der Waals surface area (Å²) >= 11 is 0. The number of hydrogen-bond acceptors (Lipinski definition) is 15. The summed E-state index contributed by atoms with van der Waals surface area (Å²) in [7, 11) is 5.30. The zero-order valence-electron chi connectivity index (χ0n) is 39.2. The van der Waals surface area contributed by atoms with Gasteiger partial charge in [-0.25, -0.2) is 0 Å². The van der Waals surface area contributed by atoms with Crippen molar-refractivity contribution in [2.45, 2.75) is 191 Å². The van der Waals surface area contributed by atoms with Gasteiger partial charge in [-0.15, -0.1) is 0 Å². The minimum absolute atomic E-state index is 0.0233. The van der Waals surface area contributed by atoms with Crippen molar-refractivity contribution in [1.29, 1.82) is 0 Å². The number of allylic oxidation sites excluding steroid dienone is 2. The van der Waals surface area contributed by atoms with Gasteiger partial charge in [0.25, 0.3) is 0 Å². The second-order valence-electron chi connectivity index (χ2n) is 19.5. The first-order chi connectivity index (χ1) is 30.0. The molecule has 5 saturated heterocycles. The lowest BCUT2D eigenvalue weighted by Gasteiger charge is -2.50. The van der Waals surface area contributed by atoms with Crippen molar-refractivity contribution in [3.8, 4) is 0 Å². The molecule has 63 heavy (non-hydrogen) atoms. The molecule has 2 bridgehead atoms. The van der Waals surface area contributed by atoms with Crippen LogP contribution in [-0.2, 0) is 52.2 Å². The highest BCUT2D eigenvalue weighted by Crippen LogP contribution is 2.47. The molecule has 0 radical (unpaired) electrons. The van der Waals surface area contributed by atoms with Crippen LogP contribution in [0.2, 0.25) is 0 Å². The average molecular weight is 887 g/mol. The maximum atomic E-state index is 14.4. The second-order valence-corrected chi connectivity index (χ2v) is 19.5. The Hall–Kier alpha value is -2.54. The number of aliphatic hydroxyl groups is 1. The zero-order valence-corrected chi connectivity index (χ0v) is 39.2. The number of ether oxygens (including phenoxy) is 10. The minimum atomic E-state index is -1.85. The maximum absolute atomic E-state index is 14.4. The van der Waals surface area contributed by atoms with Crippen LogP contribution in [0, 0.1) is 23.7 Å². The quantitative estimate of drug-likeness (QED) is 0.114. The number of hydrogen-bond donors (Lipinski definition) is 3. The third kappa shape index (κ3) is 9.95. The van der Waals surface area contributed by atoms with E-state index in [-0.39, 0.29) is 66.8 Å². The van der Waals surface area contributed by atoms with Gasteiger partial charge in [0, 0.05) is 52.2 Å². The summed E-state index contributed by atoms with van der Waals surface area (Å²) in [4.78, 5) is 14.4. The number of esters is 1. The number of nitrogens with zero attached hydrogens (tertiary/aromatic N) is 1. The molecule has 0 aromatic carbocycles. The third-order valence-corrected chi connectivity index (χ3v) is 14.7. The Morgan fingerprint density at radius 3 is 2.37 bits per heavy atom. The van der Waals surface area contributed by atoms with E-state index < -0.39 is 60.3 Å². The summed E-state index contributed by atoms with van der Waals surface area (Å²) in [5, 5.41) is 29.5. The van der Waals surface area contributed by atoms with Crippen molar-refractivity contribution in [3.05, 3.63) is 47.1 Å². The average Bonchev–Trinajstić information content (AvgIpc) is 3.58. The Morgan fingerprint density at radius 2 is 1.67 bits per heavy atom. The van der Waals surface area contributed by atoms with Gasteiger partial charge in [-0.2, -0.15) is 0 Å². The van der Waals surface area contributed by atoms with Gasteiger partial charge in [0.2, 0.25) is 0 Å². The van der Waals surface area contributed by atoms with Crippen LogP contribution >= 0.6 is 0 Å². The molecule has 7 aliphatic rings. The first-order valence-electron chi connectivity index (χ1n) is 23.2. The van der Waals surface area contributed by atoms with Crippen LogP contribution in [0.3, 0.4) is 0 Å². The van der Waals surface area contributed by atoms with Crippen molar-refractivity contribution in [1.82, 2.24) is 5.32 Å². The van der Waals surface area contributed by atoms with E-state index in [4.69, 9.17) is 47.4 Å². The van der Waals surface area contributed by atoms with Gasteiger partial charge >= 0.3 is 5.97 Å². The molecule has 3 N–H and O–H groups in total. The summed E-state index contributed by atoms with van der Waals surface area (Å²) in [5.74, 6) is -2.19. The normalized spacial score (nSPS) is 47.9. The molecule has 18 atom stereocenters. The second kappa shape index (κ2) is 20.1. The first kappa shape index (κ1) is 48.4. The molecule has 1 spiro atoms. The van der Waals surface area contributed by atoms with E-state index in [2.05, 4.69) is 51.2 Å². The van der Waals surface area contributed by atoms with Crippen LogP contribution < -0.4 is 5.32 Å². The Labute approximate surface area is 373 Å². The molecule has 8 unspecified atom stereocenters. The molecule has 6 aliphatic heterocycles. The van der Waals surface area contributed by atoms with Crippen LogP contribution in [-0.4, -0.2) is 141 Å². The number of nitrogens with one attached hydrogen (secondary N) is 1. The van der Waals surface area contributed by atoms with Crippen molar-refractivity contribution in [2.24, 2.45) is 28.8 Å². The van der Waals surface area contributed by atoms with E-state index >= 15 is 0 Å². The Balaban J connectivity index is 1.18. The third-order valence-electron chi connectivity index (χ3n) is 14.7. The van der Waals surface area contributed by atoms with Crippen LogP contribution in [0.1, 0.15) is 100 Å². The smallest absolute Gasteiger partial charge is 0.316 e. The Bertz CT molecular complexity index is 1770. The molecule has 354 valence electrons. The van der Waals surface area contributed by atoms with E-state index in [9.17, 15) is 15.1 Å². The van der Waals surface area contributed by atoms with Gasteiger partial charge in [0.15, 0.2) is 18.4 Å². The Morgan fingerprint density at radius 1 is 0.952 bits per heavy atom. The van der Waals surface area contributed by atoms with Crippen molar-refractivity contribution >= 4 is 11.7 Å². The number of oxime groups is 1.